The molecule has 426 valence electrons. The van der Waals surface area contributed by atoms with Crippen LogP contribution in [0.1, 0.15) is 203 Å². The minimum atomic E-state index is -1.16. The Balaban J connectivity index is 0.738. The molecule has 0 unspecified atom stereocenters. The first-order valence-electron chi connectivity index (χ1n) is 29.8. The lowest BCUT2D eigenvalue weighted by molar-refractivity contribution is -0.170. The summed E-state index contributed by atoms with van der Waals surface area (Å²) in [6.45, 7) is 16.0. The molecule has 6 fully saturated rings. The van der Waals surface area contributed by atoms with Crippen molar-refractivity contribution < 1.29 is 57.2 Å². The third kappa shape index (κ3) is 13.7. The summed E-state index contributed by atoms with van der Waals surface area (Å²) in [6.07, 6.45) is 17.7. The normalized spacial score (nSPS) is 33.0. The molecule has 9 rings (SSSR count). The lowest BCUT2D eigenvalue weighted by Crippen LogP contribution is -2.48. The largest absolute Gasteiger partial charge is 0.480 e. The molecule has 0 saturated heterocycles. The second kappa shape index (κ2) is 24.2. The molecule has 0 N–H and O–H groups in total. The highest BCUT2D eigenvalue weighted by atomic mass is 32.1. The van der Waals surface area contributed by atoms with E-state index in [-0.39, 0.29) is 82.3 Å². The van der Waals surface area contributed by atoms with Crippen LogP contribution in [-0.2, 0) is 47.7 Å². The van der Waals surface area contributed by atoms with Crippen LogP contribution < -0.4 is 9.47 Å². The number of carbonyl (C=O) groups is 6. The van der Waals surface area contributed by atoms with Crippen molar-refractivity contribution in [3.8, 4) is 22.1 Å². The zero-order valence-electron chi connectivity index (χ0n) is 47.6. The average molecular weight is 1090 g/mol. The Bertz CT molecular complexity index is 2550. The van der Waals surface area contributed by atoms with Gasteiger partial charge in [0.15, 0.2) is 18.2 Å². The molecule has 1 aromatic heterocycles. The number of ether oxygens (including phenoxy) is 6. The number of para-hydroxylation sites is 1. The van der Waals surface area contributed by atoms with Crippen LogP contribution in [0.4, 0.5) is 0 Å². The highest BCUT2D eigenvalue weighted by Crippen LogP contribution is 2.53. The Morgan fingerprint density at radius 1 is 0.551 bits per heavy atom. The van der Waals surface area contributed by atoms with Crippen LogP contribution in [0.25, 0.3) is 20.8 Å². The molecule has 2 aromatic carbocycles. The van der Waals surface area contributed by atoms with E-state index in [0.29, 0.717) is 118 Å². The molecule has 1 heterocycles. The van der Waals surface area contributed by atoms with Crippen LogP contribution >= 0.6 is 11.3 Å². The number of aromatic nitrogens is 1. The fraction of sp³-hybridized carbons (Fsp3) is 0.703. The van der Waals surface area contributed by atoms with Gasteiger partial charge in [0.1, 0.15) is 40.4 Å². The number of benzene rings is 2. The number of nitrogens with zero attached hydrogens (tertiary/aromatic N) is 1. The molecule has 6 aliphatic carbocycles. The molecule has 0 spiro atoms. The third-order valence-corrected chi connectivity index (χ3v) is 20.9. The highest BCUT2D eigenvalue weighted by Gasteiger charge is 2.48. The number of aldehydes is 2. The molecule has 0 atom stereocenters. The van der Waals surface area contributed by atoms with Crippen molar-refractivity contribution in [1.82, 2.24) is 4.98 Å². The molecule has 13 nitrogen and oxygen atoms in total. The Hall–Kier alpha value is -4.69. The number of rotatable bonds is 15. The van der Waals surface area contributed by atoms with E-state index in [0.717, 1.165) is 87.0 Å². The maximum absolute atomic E-state index is 13.9. The quantitative estimate of drug-likeness (QED) is 0.0610. The van der Waals surface area contributed by atoms with E-state index in [1.807, 2.05) is 24.3 Å². The Kier molecular flexibility index (Phi) is 18.0. The van der Waals surface area contributed by atoms with Gasteiger partial charge in [0, 0.05) is 0 Å². The lowest BCUT2D eigenvalue weighted by atomic mass is 9.58. The average Bonchev–Trinajstić information content (AvgIpc) is 3.88. The maximum atomic E-state index is 13.9. The molecule has 6 saturated carbocycles. The van der Waals surface area contributed by atoms with Crippen LogP contribution in [0.3, 0.4) is 0 Å². The van der Waals surface area contributed by atoms with E-state index in [1.54, 1.807) is 18.2 Å². The number of carbonyl (C=O) groups excluding carboxylic acids is 6. The zero-order chi connectivity index (χ0) is 55.5. The van der Waals surface area contributed by atoms with Gasteiger partial charge in [-0.1, -0.05) is 60.6 Å². The summed E-state index contributed by atoms with van der Waals surface area (Å²) in [7, 11) is 0. The molecule has 0 bridgehead atoms. The standard InChI is InChI=1S/C64H87NO12S/c1-60(2,3)45-18-16-43(17-19-45)57(69)73-47-22-20-46(21-23-47)72-56(68)41-12-14-42(15-13-41)59(71)75-53-29-28-50(38-51(53)55-65-52-10-8-9-11-54(52)78-55)77-63(39-66)32-30-44(31-33-63)58(70)74-48-24-26-49(27-25-48)76-64(40-67)36-34-62(7,35-37-64)61(4,5)6/h8-11,28-29,38-49H,12-27,30-37H2,1-7H3. The Morgan fingerprint density at radius 2 is 1.03 bits per heavy atom. The first-order valence-corrected chi connectivity index (χ1v) is 30.6. The van der Waals surface area contributed by atoms with Crippen molar-refractivity contribution in [3.63, 3.8) is 0 Å². The zero-order valence-corrected chi connectivity index (χ0v) is 48.4. The first-order chi connectivity index (χ1) is 37.1. The fourth-order valence-corrected chi connectivity index (χ4v) is 14.5. The van der Waals surface area contributed by atoms with Crippen molar-refractivity contribution in [1.29, 1.82) is 0 Å². The van der Waals surface area contributed by atoms with E-state index < -0.39 is 17.1 Å². The fourth-order valence-electron chi connectivity index (χ4n) is 13.5. The molecular weight excluding hydrogens is 1010 g/mol. The summed E-state index contributed by atoms with van der Waals surface area (Å²) in [6, 6.07) is 13.0. The van der Waals surface area contributed by atoms with Gasteiger partial charge in [-0.15, -0.1) is 11.3 Å². The summed E-state index contributed by atoms with van der Waals surface area (Å²) in [5.41, 5.74) is 0.0426. The monoisotopic (exact) mass is 1090 g/mol. The van der Waals surface area contributed by atoms with Gasteiger partial charge in [0.2, 0.25) is 0 Å². The molecule has 0 amide bonds. The SMILES string of the molecule is CC(C)(C)C1CCC(C(=O)OC2CCC(OC(=O)C3CCC(C(=O)Oc4ccc(OC5(C=O)CCC(C(=O)OC6CCC(OC7(C=O)CCC(C)(C(C)(C)C)CC7)CC6)CC5)cc4-c4nc5ccccc5s4)CC3)CC2)CC1. The third-order valence-electron chi connectivity index (χ3n) is 19.8. The summed E-state index contributed by atoms with van der Waals surface area (Å²) in [5, 5.41) is 0.634. The lowest BCUT2D eigenvalue weighted by Gasteiger charge is -2.50. The molecule has 6 aliphatic rings. The van der Waals surface area contributed by atoms with Crippen LogP contribution in [0.5, 0.6) is 11.5 Å². The van der Waals surface area contributed by atoms with Crippen molar-refractivity contribution in [2.75, 3.05) is 0 Å². The van der Waals surface area contributed by atoms with Crippen LogP contribution in [0.15, 0.2) is 42.5 Å². The molecular formula is C64H87NO12S. The van der Waals surface area contributed by atoms with Crippen molar-refractivity contribution in [3.05, 3.63) is 42.5 Å². The van der Waals surface area contributed by atoms with Gasteiger partial charge in [-0.2, -0.15) is 0 Å². The highest BCUT2D eigenvalue weighted by molar-refractivity contribution is 7.21. The number of hydrogen-bond donors (Lipinski definition) is 0. The van der Waals surface area contributed by atoms with Crippen molar-refractivity contribution in [2.45, 2.75) is 238 Å². The summed E-state index contributed by atoms with van der Waals surface area (Å²) in [5.74, 6) is -0.591. The van der Waals surface area contributed by atoms with E-state index >= 15 is 0 Å². The van der Waals surface area contributed by atoms with E-state index in [9.17, 15) is 28.8 Å². The molecule has 0 aliphatic heterocycles. The van der Waals surface area contributed by atoms with Gasteiger partial charge >= 0.3 is 23.9 Å². The number of esters is 4. The molecule has 3 aromatic rings. The predicted molar refractivity (Wildman–Crippen MR) is 299 cm³/mol. The van der Waals surface area contributed by atoms with Gasteiger partial charge in [-0.25, -0.2) is 4.98 Å². The summed E-state index contributed by atoms with van der Waals surface area (Å²) < 4.78 is 38.4. The predicted octanol–water partition coefficient (Wildman–Crippen LogP) is 13.9. The summed E-state index contributed by atoms with van der Waals surface area (Å²) in [4.78, 5) is 84.2. The van der Waals surface area contributed by atoms with Crippen LogP contribution in [0, 0.1) is 45.8 Å². The van der Waals surface area contributed by atoms with Crippen LogP contribution in [-0.4, -0.2) is 77.1 Å². The Labute approximate surface area is 466 Å². The maximum Gasteiger partial charge on any atom is 0.314 e. The minimum Gasteiger partial charge on any atom is -0.480 e. The van der Waals surface area contributed by atoms with E-state index in [1.165, 1.54) is 11.3 Å². The first kappa shape index (κ1) is 58.0. The number of thiazole rings is 1. The van der Waals surface area contributed by atoms with Gasteiger partial charge in [-0.3, -0.25) is 24.0 Å². The molecule has 0 radical (unpaired) electrons. The topological polar surface area (TPSA) is 171 Å². The van der Waals surface area contributed by atoms with E-state index in [4.69, 9.17) is 33.4 Å². The number of fused-ring (bicyclic) bond motifs is 1. The van der Waals surface area contributed by atoms with Crippen molar-refractivity contribution in [2.24, 2.45) is 45.8 Å². The molecule has 78 heavy (non-hydrogen) atoms. The molecule has 14 heteroatoms. The Morgan fingerprint density at radius 3 is 1.51 bits per heavy atom. The van der Waals surface area contributed by atoms with E-state index in [2.05, 4.69) is 48.5 Å². The van der Waals surface area contributed by atoms with Gasteiger partial charge in [0.05, 0.1) is 45.6 Å². The van der Waals surface area contributed by atoms with Crippen LogP contribution in [0.2, 0.25) is 0 Å². The van der Waals surface area contributed by atoms with Gasteiger partial charge in [0.25, 0.3) is 0 Å². The summed E-state index contributed by atoms with van der Waals surface area (Å²) >= 11 is 1.47. The smallest absolute Gasteiger partial charge is 0.314 e. The second-order valence-electron chi connectivity index (χ2n) is 26.8. The second-order valence-corrected chi connectivity index (χ2v) is 27.8. The van der Waals surface area contributed by atoms with Gasteiger partial charge < -0.3 is 33.2 Å². The van der Waals surface area contributed by atoms with Gasteiger partial charge in [-0.05, 0) is 207 Å². The van der Waals surface area contributed by atoms with Crippen molar-refractivity contribution >= 4 is 58.0 Å². The minimum absolute atomic E-state index is 0.0178. The number of hydrogen-bond acceptors (Lipinski definition) is 14.